The van der Waals surface area contributed by atoms with Crippen molar-refractivity contribution < 1.29 is 14.2 Å². The Balaban J connectivity index is 5.31. The molecule has 18 heavy (non-hydrogen) atoms. The molecule has 0 radical (unpaired) electrons. The van der Waals surface area contributed by atoms with E-state index in [1.807, 2.05) is 13.8 Å². The van der Waals surface area contributed by atoms with Crippen LogP contribution >= 0.6 is 0 Å². The SMILES string of the molecule is C=C(CCCC)/C(C)=C(OC)\C(OC)=C(/C)OC. The van der Waals surface area contributed by atoms with Gasteiger partial charge in [0.2, 0.25) is 0 Å². The molecule has 0 atom stereocenters. The average molecular weight is 254 g/mol. The first-order valence-electron chi connectivity index (χ1n) is 6.25. The molecule has 0 unspecified atom stereocenters. The highest BCUT2D eigenvalue weighted by atomic mass is 16.5. The van der Waals surface area contributed by atoms with Crippen molar-refractivity contribution >= 4 is 0 Å². The Morgan fingerprint density at radius 1 is 0.944 bits per heavy atom. The Bertz CT molecular complexity index is 338. The van der Waals surface area contributed by atoms with E-state index in [1.54, 1.807) is 21.3 Å². The van der Waals surface area contributed by atoms with E-state index in [0.717, 1.165) is 30.4 Å². The normalized spacial score (nSPS) is 13.4. The van der Waals surface area contributed by atoms with Crippen molar-refractivity contribution in [2.24, 2.45) is 0 Å². The molecule has 3 nitrogen and oxygen atoms in total. The first kappa shape index (κ1) is 16.6. The van der Waals surface area contributed by atoms with Gasteiger partial charge in [0.05, 0.1) is 21.3 Å². The summed E-state index contributed by atoms with van der Waals surface area (Å²) in [6.07, 6.45) is 3.25. The third kappa shape index (κ3) is 4.47. The summed E-state index contributed by atoms with van der Waals surface area (Å²) in [4.78, 5) is 0. The second kappa shape index (κ2) is 8.67. The lowest BCUT2D eigenvalue weighted by Crippen LogP contribution is -2.04. The van der Waals surface area contributed by atoms with Crippen molar-refractivity contribution in [3.05, 3.63) is 35.0 Å². The molecule has 0 rings (SSSR count). The summed E-state index contributed by atoms with van der Waals surface area (Å²) < 4.78 is 16.0. The van der Waals surface area contributed by atoms with Crippen LogP contribution in [0.1, 0.15) is 40.0 Å². The van der Waals surface area contributed by atoms with E-state index < -0.39 is 0 Å². The smallest absolute Gasteiger partial charge is 0.198 e. The number of hydrogen-bond donors (Lipinski definition) is 0. The molecule has 0 aliphatic heterocycles. The zero-order valence-corrected chi connectivity index (χ0v) is 12.6. The molecule has 104 valence electrons. The Labute approximate surface area is 111 Å². The summed E-state index contributed by atoms with van der Waals surface area (Å²) >= 11 is 0. The molecule has 0 bridgehead atoms. The van der Waals surface area contributed by atoms with Gasteiger partial charge in [-0.15, -0.1) is 0 Å². The van der Waals surface area contributed by atoms with Gasteiger partial charge in [-0.2, -0.15) is 0 Å². The van der Waals surface area contributed by atoms with E-state index in [-0.39, 0.29) is 0 Å². The van der Waals surface area contributed by atoms with Crippen molar-refractivity contribution in [1.82, 2.24) is 0 Å². The number of hydrogen-bond acceptors (Lipinski definition) is 3. The standard InChI is InChI=1S/C15H26O3/c1-8-9-10-11(2)12(3)14(17-6)15(18-7)13(4)16-5/h2,8-10H2,1,3-7H3/b14-12+,15-13-. The van der Waals surface area contributed by atoms with Gasteiger partial charge in [-0.1, -0.05) is 19.9 Å². The molecule has 0 heterocycles. The molecule has 0 aliphatic carbocycles. The van der Waals surface area contributed by atoms with Gasteiger partial charge in [0.1, 0.15) is 5.76 Å². The van der Waals surface area contributed by atoms with Crippen molar-refractivity contribution in [2.45, 2.75) is 40.0 Å². The van der Waals surface area contributed by atoms with E-state index in [2.05, 4.69) is 13.5 Å². The van der Waals surface area contributed by atoms with Crippen LogP contribution in [-0.2, 0) is 14.2 Å². The minimum Gasteiger partial charge on any atom is -0.497 e. The summed E-state index contributed by atoms with van der Waals surface area (Å²) in [6.45, 7) is 10.1. The summed E-state index contributed by atoms with van der Waals surface area (Å²) in [5, 5.41) is 0. The summed E-state index contributed by atoms with van der Waals surface area (Å²) in [7, 11) is 4.86. The lowest BCUT2D eigenvalue weighted by molar-refractivity contribution is 0.184. The monoisotopic (exact) mass is 254 g/mol. The molecule has 0 aromatic rings. The van der Waals surface area contributed by atoms with Crippen LogP contribution in [0.4, 0.5) is 0 Å². The first-order chi connectivity index (χ1) is 8.53. The van der Waals surface area contributed by atoms with E-state index in [1.165, 1.54) is 0 Å². The number of allylic oxidation sites excluding steroid dienone is 3. The van der Waals surface area contributed by atoms with Gasteiger partial charge in [-0.05, 0) is 37.8 Å². The zero-order chi connectivity index (χ0) is 14.1. The predicted octanol–water partition coefficient (Wildman–Crippen LogP) is 4.18. The van der Waals surface area contributed by atoms with Crippen LogP contribution in [0.15, 0.2) is 35.0 Å². The minimum atomic E-state index is 0.621. The average Bonchev–Trinajstić information content (AvgIpc) is 2.40. The third-order valence-corrected chi connectivity index (χ3v) is 2.94. The minimum absolute atomic E-state index is 0.621. The Hall–Kier alpha value is -1.38. The Morgan fingerprint density at radius 3 is 1.89 bits per heavy atom. The van der Waals surface area contributed by atoms with Gasteiger partial charge in [0.25, 0.3) is 0 Å². The number of rotatable bonds is 8. The van der Waals surface area contributed by atoms with Crippen molar-refractivity contribution in [3.63, 3.8) is 0 Å². The van der Waals surface area contributed by atoms with E-state index in [0.29, 0.717) is 17.3 Å². The number of ether oxygens (including phenoxy) is 3. The highest BCUT2D eigenvalue weighted by Crippen LogP contribution is 2.26. The van der Waals surface area contributed by atoms with E-state index in [4.69, 9.17) is 14.2 Å². The summed E-state index contributed by atoms with van der Waals surface area (Å²) in [6, 6.07) is 0. The number of methoxy groups -OCH3 is 3. The van der Waals surface area contributed by atoms with E-state index >= 15 is 0 Å². The lowest BCUT2D eigenvalue weighted by atomic mass is 10.0. The first-order valence-corrected chi connectivity index (χ1v) is 6.25. The quantitative estimate of drug-likeness (QED) is 0.480. The maximum absolute atomic E-state index is 5.45. The molecule has 0 fully saturated rings. The maximum Gasteiger partial charge on any atom is 0.198 e. The van der Waals surface area contributed by atoms with E-state index in [9.17, 15) is 0 Å². The lowest BCUT2D eigenvalue weighted by Gasteiger charge is -2.17. The van der Waals surface area contributed by atoms with Crippen LogP contribution in [-0.4, -0.2) is 21.3 Å². The predicted molar refractivity (Wildman–Crippen MR) is 75.1 cm³/mol. The molecule has 0 aromatic heterocycles. The molecule has 3 heteroatoms. The van der Waals surface area contributed by atoms with Gasteiger partial charge >= 0.3 is 0 Å². The molecule has 0 amide bonds. The van der Waals surface area contributed by atoms with Crippen LogP contribution in [0.25, 0.3) is 0 Å². The molecule has 0 saturated carbocycles. The van der Waals surface area contributed by atoms with Crippen molar-refractivity contribution in [2.75, 3.05) is 21.3 Å². The highest BCUT2D eigenvalue weighted by molar-refractivity contribution is 5.37. The maximum atomic E-state index is 5.45. The number of unbranched alkanes of at least 4 members (excludes halogenated alkanes) is 1. The summed E-state index contributed by atoms with van der Waals surface area (Å²) in [5.74, 6) is 2.00. The second-order valence-electron chi connectivity index (χ2n) is 4.16. The fourth-order valence-electron chi connectivity index (χ4n) is 1.64. The van der Waals surface area contributed by atoms with Gasteiger partial charge in [0, 0.05) is 0 Å². The van der Waals surface area contributed by atoms with Gasteiger partial charge in [0.15, 0.2) is 11.5 Å². The van der Waals surface area contributed by atoms with Crippen LogP contribution in [0.3, 0.4) is 0 Å². The largest absolute Gasteiger partial charge is 0.497 e. The second-order valence-corrected chi connectivity index (χ2v) is 4.16. The molecule has 0 saturated heterocycles. The topological polar surface area (TPSA) is 27.7 Å². The molecular weight excluding hydrogens is 228 g/mol. The molecule has 0 spiro atoms. The fourth-order valence-corrected chi connectivity index (χ4v) is 1.64. The molecule has 0 aromatic carbocycles. The van der Waals surface area contributed by atoms with Crippen LogP contribution in [0.5, 0.6) is 0 Å². The van der Waals surface area contributed by atoms with Crippen molar-refractivity contribution in [3.8, 4) is 0 Å². The zero-order valence-electron chi connectivity index (χ0n) is 12.6. The van der Waals surface area contributed by atoms with Crippen LogP contribution < -0.4 is 0 Å². The van der Waals surface area contributed by atoms with Gasteiger partial charge < -0.3 is 14.2 Å². The molecule has 0 N–H and O–H groups in total. The highest BCUT2D eigenvalue weighted by Gasteiger charge is 2.15. The Kier molecular flexibility index (Phi) is 8.01. The molecule has 0 aliphatic rings. The third-order valence-electron chi connectivity index (χ3n) is 2.94. The van der Waals surface area contributed by atoms with Gasteiger partial charge in [-0.25, -0.2) is 0 Å². The van der Waals surface area contributed by atoms with Gasteiger partial charge in [-0.3, -0.25) is 0 Å². The summed E-state index contributed by atoms with van der Waals surface area (Å²) in [5.41, 5.74) is 2.09. The van der Waals surface area contributed by atoms with Crippen molar-refractivity contribution in [1.29, 1.82) is 0 Å². The molecular formula is C15H26O3. The fraction of sp³-hybridized carbons (Fsp3) is 0.600. The van der Waals surface area contributed by atoms with Crippen LogP contribution in [0.2, 0.25) is 0 Å². The Morgan fingerprint density at radius 2 is 1.50 bits per heavy atom. The van der Waals surface area contributed by atoms with Crippen LogP contribution in [0, 0.1) is 0 Å².